The van der Waals surface area contributed by atoms with Gasteiger partial charge in [-0.15, -0.1) is 12.4 Å². The summed E-state index contributed by atoms with van der Waals surface area (Å²) < 4.78 is 0. The van der Waals surface area contributed by atoms with Gasteiger partial charge < -0.3 is 10.6 Å². The van der Waals surface area contributed by atoms with Gasteiger partial charge in [-0.25, -0.2) is 0 Å². The second-order valence-corrected chi connectivity index (χ2v) is 4.48. The van der Waals surface area contributed by atoms with E-state index in [-0.39, 0.29) is 18.3 Å². The molecule has 17 heavy (non-hydrogen) atoms. The molecule has 4 nitrogen and oxygen atoms in total. The van der Waals surface area contributed by atoms with Crippen LogP contribution >= 0.6 is 12.4 Å². The predicted octanol–water partition coefficient (Wildman–Crippen LogP) is 0.866. The number of carbonyl (C=O) groups is 1. The van der Waals surface area contributed by atoms with Gasteiger partial charge in [0.15, 0.2) is 0 Å². The minimum atomic E-state index is 0. The van der Waals surface area contributed by atoms with Crippen molar-refractivity contribution in [2.45, 2.75) is 26.7 Å². The molecule has 2 N–H and O–H groups in total. The molecule has 0 aliphatic carbocycles. The lowest BCUT2D eigenvalue weighted by molar-refractivity contribution is -0.122. The normalized spacial score (nSPS) is 17.5. The van der Waals surface area contributed by atoms with Gasteiger partial charge >= 0.3 is 0 Å². The second kappa shape index (κ2) is 9.68. The summed E-state index contributed by atoms with van der Waals surface area (Å²) in [5.74, 6) is 0.957. The molecule has 0 aromatic carbocycles. The number of nitrogens with zero attached hydrogens (tertiary/aromatic N) is 1. The Labute approximate surface area is 111 Å². The lowest BCUT2D eigenvalue weighted by atomic mass is 9.97. The van der Waals surface area contributed by atoms with Crippen molar-refractivity contribution in [3.05, 3.63) is 0 Å². The van der Waals surface area contributed by atoms with Crippen molar-refractivity contribution in [2.75, 3.05) is 39.3 Å². The molecular formula is C12H26ClN3O. The highest BCUT2D eigenvalue weighted by Gasteiger charge is 2.19. The topological polar surface area (TPSA) is 44.4 Å². The molecule has 0 bridgehead atoms. The second-order valence-electron chi connectivity index (χ2n) is 4.48. The van der Waals surface area contributed by atoms with E-state index in [4.69, 9.17) is 0 Å². The van der Waals surface area contributed by atoms with Gasteiger partial charge in [-0.1, -0.05) is 6.92 Å². The third kappa shape index (κ3) is 6.86. The zero-order valence-corrected chi connectivity index (χ0v) is 11.8. The molecule has 1 heterocycles. The molecule has 1 saturated heterocycles. The van der Waals surface area contributed by atoms with Crippen LogP contribution in [0.4, 0.5) is 0 Å². The fourth-order valence-electron chi connectivity index (χ4n) is 2.15. The van der Waals surface area contributed by atoms with E-state index in [0.717, 1.165) is 38.6 Å². The molecule has 5 heteroatoms. The van der Waals surface area contributed by atoms with Crippen LogP contribution in [-0.2, 0) is 4.79 Å². The maximum atomic E-state index is 11.4. The molecule has 0 aromatic heterocycles. The minimum absolute atomic E-state index is 0. The van der Waals surface area contributed by atoms with E-state index in [9.17, 15) is 4.79 Å². The van der Waals surface area contributed by atoms with Crippen molar-refractivity contribution in [2.24, 2.45) is 5.92 Å². The average Bonchev–Trinajstić information content (AvgIpc) is 2.28. The van der Waals surface area contributed by atoms with Crippen LogP contribution in [0.5, 0.6) is 0 Å². The van der Waals surface area contributed by atoms with Gasteiger partial charge in [0, 0.05) is 6.54 Å². The summed E-state index contributed by atoms with van der Waals surface area (Å²) in [5, 5.41) is 6.24. The van der Waals surface area contributed by atoms with Gasteiger partial charge in [0.05, 0.1) is 6.54 Å². The lowest BCUT2D eigenvalue weighted by Crippen LogP contribution is -2.42. The molecule has 1 amide bonds. The van der Waals surface area contributed by atoms with E-state index in [0.29, 0.717) is 6.54 Å². The number of rotatable bonds is 6. The Bertz CT molecular complexity index is 206. The summed E-state index contributed by atoms with van der Waals surface area (Å²) in [6.07, 6.45) is 2.43. The first-order chi connectivity index (χ1) is 7.76. The Morgan fingerprint density at radius 2 is 1.88 bits per heavy atom. The number of hydrogen-bond donors (Lipinski definition) is 2. The van der Waals surface area contributed by atoms with Crippen LogP contribution in [0.2, 0.25) is 0 Å². The molecule has 1 fully saturated rings. The minimum Gasteiger partial charge on any atom is -0.355 e. The van der Waals surface area contributed by atoms with Crippen LogP contribution in [0.1, 0.15) is 26.7 Å². The van der Waals surface area contributed by atoms with E-state index >= 15 is 0 Å². The number of nitrogens with one attached hydrogen (secondary N) is 2. The highest BCUT2D eigenvalue weighted by atomic mass is 35.5. The number of amides is 1. The monoisotopic (exact) mass is 263 g/mol. The van der Waals surface area contributed by atoms with Gasteiger partial charge in [-0.3, -0.25) is 9.69 Å². The summed E-state index contributed by atoms with van der Waals surface area (Å²) in [5.41, 5.74) is 0. The Morgan fingerprint density at radius 3 is 2.41 bits per heavy atom. The Hall–Kier alpha value is -0.320. The van der Waals surface area contributed by atoms with Crippen LogP contribution in [0.25, 0.3) is 0 Å². The van der Waals surface area contributed by atoms with Crippen molar-refractivity contribution in [3.8, 4) is 0 Å². The van der Waals surface area contributed by atoms with Gasteiger partial charge in [0.2, 0.25) is 5.91 Å². The first kappa shape index (κ1) is 16.7. The molecule has 102 valence electrons. The van der Waals surface area contributed by atoms with Crippen molar-refractivity contribution in [1.29, 1.82) is 0 Å². The molecule has 0 saturated carbocycles. The van der Waals surface area contributed by atoms with Gasteiger partial charge in [0.25, 0.3) is 0 Å². The zero-order valence-electron chi connectivity index (χ0n) is 11.0. The molecule has 1 aliphatic heterocycles. The Morgan fingerprint density at radius 1 is 1.24 bits per heavy atom. The molecule has 0 atom stereocenters. The largest absolute Gasteiger partial charge is 0.355 e. The van der Waals surface area contributed by atoms with E-state index in [1.165, 1.54) is 12.8 Å². The molecule has 0 spiro atoms. The number of carbonyl (C=O) groups excluding carboxylic acids is 1. The molecule has 1 aliphatic rings. The summed E-state index contributed by atoms with van der Waals surface area (Å²) in [7, 11) is 0. The fraction of sp³-hybridized carbons (Fsp3) is 0.917. The van der Waals surface area contributed by atoms with Crippen molar-refractivity contribution in [3.63, 3.8) is 0 Å². The Balaban J connectivity index is 0.00000256. The number of likely N-dealkylation sites (N-methyl/N-ethyl adjacent to an activating group) is 1. The number of piperidine rings is 1. The van der Waals surface area contributed by atoms with Crippen LogP contribution in [-0.4, -0.2) is 50.1 Å². The van der Waals surface area contributed by atoms with Gasteiger partial charge in [-0.05, 0) is 51.9 Å². The van der Waals surface area contributed by atoms with Crippen LogP contribution in [0.3, 0.4) is 0 Å². The third-order valence-electron chi connectivity index (χ3n) is 3.13. The predicted molar refractivity (Wildman–Crippen MR) is 73.6 cm³/mol. The average molecular weight is 264 g/mol. The van der Waals surface area contributed by atoms with E-state index in [1.807, 2.05) is 6.92 Å². The van der Waals surface area contributed by atoms with Crippen molar-refractivity contribution >= 4 is 18.3 Å². The van der Waals surface area contributed by atoms with Crippen molar-refractivity contribution < 1.29 is 4.79 Å². The van der Waals surface area contributed by atoms with E-state index in [2.05, 4.69) is 22.5 Å². The molecule has 0 radical (unpaired) electrons. The van der Waals surface area contributed by atoms with Crippen LogP contribution in [0, 0.1) is 5.92 Å². The zero-order chi connectivity index (χ0) is 11.8. The smallest absolute Gasteiger partial charge is 0.234 e. The summed E-state index contributed by atoms with van der Waals surface area (Å²) in [6, 6.07) is 0. The van der Waals surface area contributed by atoms with Gasteiger partial charge in [-0.2, -0.15) is 0 Å². The molecule has 1 rings (SSSR count). The number of hydrogen-bond acceptors (Lipinski definition) is 3. The standard InChI is InChI=1S/C12H25N3O.ClH/c1-3-13-9-11-5-7-15(8-6-11)10-12(16)14-4-2;/h11,13H,3-10H2,1-2H3,(H,14,16);1H. The van der Waals surface area contributed by atoms with Crippen LogP contribution < -0.4 is 10.6 Å². The maximum absolute atomic E-state index is 11.4. The molecule has 0 unspecified atom stereocenters. The maximum Gasteiger partial charge on any atom is 0.234 e. The van der Waals surface area contributed by atoms with Crippen molar-refractivity contribution in [1.82, 2.24) is 15.5 Å². The highest BCUT2D eigenvalue weighted by Crippen LogP contribution is 2.15. The first-order valence-corrected chi connectivity index (χ1v) is 6.46. The first-order valence-electron chi connectivity index (χ1n) is 6.46. The highest BCUT2D eigenvalue weighted by molar-refractivity contribution is 5.85. The van der Waals surface area contributed by atoms with E-state index < -0.39 is 0 Å². The van der Waals surface area contributed by atoms with Crippen LogP contribution in [0.15, 0.2) is 0 Å². The van der Waals surface area contributed by atoms with Gasteiger partial charge in [0.1, 0.15) is 0 Å². The summed E-state index contributed by atoms with van der Waals surface area (Å²) in [4.78, 5) is 13.7. The molecular weight excluding hydrogens is 238 g/mol. The summed E-state index contributed by atoms with van der Waals surface area (Å²) in [6.45, 7) is 9.72. The number of halogens is 1. The molecule has 0 aromatic rings. The lowest BCUT2D eigenvalue weighted by Gasteiger charge is -2.31. The third-order valence-corrected chi connectivity index (χ3v) is 3.13. The summed E-state index contributed by atoms with van der Waals surface area (Å²) >= 11 is 0. The Kier molecular flexibility index (Phi) is 9.50. The fourth-order valence-corrected chi connectivity index (χ4v) is 2.15. The number of likely N-dealkylation sites (tertiary alicyclic amines) is 1. The van der Waals surface area contributed by atoms with E-state index in [1.54, 1.807) is 0 Å². The quantitative estimate of drug-likeness (QED) is 0.747. The SMILES string of the molecule is CCNCC1CCN(CC(=O)NCC)CC1.Cl.